The second-order valence-corrected chi connectivity index (χ2v) is 4.41. The Bertz CT molecular complexity index is 436. The van der Waals surface area contributed by atoms with Crippen LogP contribution in [0.3, 0.4) is 0 Å². The van der Waals surface area contributed by atoms with E-state index in [1.807, 2.05) is 6.07 Å². The molecule has 0 aliphatic carbocycles. The summed E-state index contributed by atoms with van der Waals surface area (Å²) in [6, 6.07) is 4.72. The molecule has 0 radical (unpaired) electrons. The quantitative estimate of drug-likeness (QED) is 0.452. The fourth-order valence-corrected chi connectivity index (χ4v) is 2.32. The molecule has 84 valence electrons. The lowest BCUT2D eigenvalue weighted by Gasteiger charge is -2.07. The first-order chi connectivity index (χ1) is 7.58. The van der Waals surface area contributed by atoms with Crippen molar-refractivity contribution in [3.8, 4) is 11.8 Å². The highest BCUT2D eigenvalue weighted by Gasteiger charge is 2.14. The zero-order valence-electron chi connectivity index (χ0n) is 7.67. The average molecular weight is 369 g/mol. The van der Waals surface area contributed by atoms with E-state index in [0.717, 1.165) is 0 Å². The van der Waals surface area contributed by atoms with Crippen LogP contribution in [0, 0.1) is 11.3 Å². The second-order valence-electron chi connectivity index (χ2n) is 2.49. The van der Waals surface area contributed by atoms with Crippen LogP contribution in [0.1, 0.15) is 5.56 Å². The third-order valence-electron chi connectivity index (χ3n) is 1.49. The summed E-state index contributed by atoms with van der Waals surface area (Å²) in [5, 5.41) is 8.70. The molecule has 1 aromatic carbocycles. The van der Waals surface area contributed by atoms with Crippen molar-refractivity contribution >= 4 is 49.6 Å². The van der Waals surface area contributed by atoms with Gasteiger partial charge in [-0.15, -0.1) is 0 Å². The van der Waals surface area contributed by atoms with Crippen LogP contribution in [-0.4, -0.2) is 12.2 Å². The first kappa shape index (κ1) is 13.3. The molecule has 0 aliphatic rings. The Morgan fingerprint density at radius 2 is 2.00 bits per heavy atom. The molecule has 1 rings (SSSR count). The summed E-state index contributed by atoms with van der Waals surface area (Å²) in [7, 11) is 0. The van der Waals surface area contributed by atoms with E-state index >= 15 is 0 Å². The summed E-state index contributed by atoms with van der Waals surface area (Å²) in [5.41, 5.74) is 0.428. The van der Waals surface area contributed by atoms with E-state index in [0.29, 0.717) is 14.5 Å². The third kappa shape index (κ3) is 3.37. The molecular weight excluding hydrogens is 365 g/mol. The van der Waals surface area contributed by atoms with E-state index < -0.39 is 6.16 Å². The zero-order valence-corrected chi connectivity index (χ0v) is 11.6. The van der Waals surface area contributed by atoms with Gasteiger partial charge in [0.05, 0.1) is 20.6 Å². The minimum Gasteiger partial charge on any atom is -0.418 e. The Morgan fingerprint density at radius 3 is 2.44 bits per heavy atom. The fourth-order valence-electron chi connectivity index (χ4n) is 0.879. The molecule has 0 amide bonds. The van der Waals surface area contributed by atoms with Crippen LogP contribution in [0.4, 0.5) is 4.79 Å². The van der Waals surface area contributed by atoms with Crippen molar-refractivity contribution in [1.82, 2.24) is 0 Å². The van der Waals surface area contributed by atoms with Crippen LogP contribution in [0.15, 0.2) is 21.1 Å². The SMILES string of the molecule is N#Cc1cc(Br)c(OC(=O)OCCl)c(Br)c1. The molecular formula is C9H4Br2ClNO3. The highest BCUT2D eigenvalue weighted by Crippen LogP contribution is 2.34. The summed E-state index contributed by atoms with van der Waals surface area (Å²) in [6.45, 7) is 0. The van der Waals surface area contributed by atoms with Gasteiger partial charge in [0, 0.05) is 0 Å². The lowest BCUT2D eigenvalue weighted by atomic mass is 10.2. The normalized spacial score (nSPS) is 9.38. The summed E-state index contributed by atoms with van der Waals surface area (Å²) >= 11 is 11.5. The molecule has 16 heavy (non-hydrogen) atoms. The topological polar surface area (TPSA) is 59.3 Å². The maximum absolute atomic E-state index is 11.0. The van der Waals surface area contributed by atoms with Crippen molar-refractivity contribution < 1.29 is 14.3 Å². The number of hydrogen-bond donors (Lipinski definition) is 0. The van der Waals surface area contributed by atoms with Gasteiger partial charge in [0.25, 0.3) is 0 Å². The van der Waals surface area contributed by atoms with Gasteiger partial charge in [0.15, 0.2) is 11.8 Å². The summed E-state index contributed by atoms with van der Waals surface area (Å²) in [5.74, 6) is 0.231. The standard InChI is InChI=1S/C9H4Br2ClNO3/c10-6-1-5(3-13)2-7(11)8(6)16-9(14)15-4-12/h1-2H,4H2. The highest BCUT2D eigenvalue weighted by atomic mass is 79.9. The summed E-state index contributed by atoms with van der Waals surface area (Å²) in [4.78, 5) is 11.0. The maximum atomic E-state index is 11.0. The number of hydrogen-bond acceptors (Lipinski definition) is 4. The lowest BCUT2D eigenvalue weighted by molar-refractivity contribution is 0.115. The molecule has 7 heteroatoms. The van der Waals surface area contributed by atoms with Crippen LogP contribution < -0.4 is 4.74 Å². The van der Waals surface area contributed by atoms with Crippen molar-refractivity contribution in [2.24, 2.45) is 0 Å². The van der Waals surface area contributed by atoms with Crippen LogP contribution in [0.25, 0.3) is 0 Å². The van der Waals surface area contributed by atoms with E-state index in [-0.39, 0.29) is 11.8 Å². The van der Waals surface area contributed by atoms with Crippen molar-refractivity contribution in [2.75, 3.05) is 6.07 Å². The predicted molar refractivity (Wildman–Crippen MR) is 64.4 cm³/mol. The van der Waals surface area contributed by atoms with Crippen LogP contribution in [0.2, 0.25) is 0 Å². The molecule has 0 saturated carbocycles. The Morgan fingerprint density at radius 1 is 1.44 bits per heavy atom. The third-order valence-corrected chi connectivity index (χ3v) is 2.77. The summed E-state index contributed by atoms with van der Waals surface area (Å²) < 4.78 is 10.2. The second kappa shape index (κ2) is 6.09. The van der Waals surface area contributed by atoms with Gasteiger partial charge < -0.3 is 9.47 Å². The Balaban J connectivity index is 2.98. The molecule has 0 fully saturated rings. The minimum atomic E-state index is -0.916. The maximum Gasteiger partial charge on any atom is 0.515 e. The number of ether oxygens (including phenoxy) is 2. The van der Waals surface area contributed by atoms with Gasteiger partial charge in [0.2, 0.25) is 0 Å². The molecule has 0 bridgehead atoms. The number of rotatable bonds is 2. The number of alkyl halides is 1. The number of benzene rings is 1. The zero-order chi connectivity index (χ0) is 12.1. The molecule has 0 N–H and O–H groups in total. The van der Waals surface area contributed by atoms with Gasteiger partial charge in [-0.25, -0.2) is 4.79 Å². The van der Waals surface area contributed by atoms with Gasteiger partial charge in [-0.1, -0.05) is 11.6 Å². The van der Waals surface area contributed by atoms with Gasteiger partial charge in [0.1, 0.15) is 0 Å². The Kier molecular flexibility index (Phi) is 5.06. The predicted octanol–water partition coefficient (Wildman–Crippen LogP) is 3.79. The van der Waals surface area contributed by atoms with Crippen molar-refractivity contribution in [2.45, 2.75) is 0 Å². The first-order valence-electron chi connectivity index (χ1n) is 3.88. The van der Waals surface area contributed by atoms with Gasteiger partial charge in [-0.2, -0.15) is 5.26 Å². The van der Waals surface area contributed by atoms with Gasteiger partial charge in [-0.3, -0.25) is 0 Å². The monoisotopic (exact) mass is 367 g/mol. The lowest BCUT2D eigenvalue weighted by Crippen LogP contribution is -2.10. The summed E-state index contributed by atoms with van der Waals surface area (Å²) in [6.07, 6.45) is -0.916. The van der Waals surface area contributed by atoms with Gasteiger partial charge >= 0.3 is 6.16 Å². The number of nitriles is 1. The number of nitrogens with zero attached hydrogens (tertiary/aromatic N) is 1. The molecule has 0 saturated heterocycles. The Hall–Kier alpha value is -0.770. The molecule has 0 atom stereocenters. The number of carbonyl (C=O) groups is 1. The molecule has 0 aliphatic heterocycles. The van der Waals surface area contributed by atoms with Crippen molar-refractivity contribution in [3.05, 3.63) is 26.6 Å². The molecule has 0 aromatic heterocycles. The first-order valence-corrected chi connectivity index (χ1v) is 6.00. The van der Waals surface area contributed by atoms with E-state index in [1.54, 1.807) is 0 Å². The number of halogens is 3. The Labute approximate surface area is 113 Å². The largest absolute Gasteiger partial charge is 0.515 e. The van der Waals surface area contributed by atoms with E-state index in [1.165, 1.54) is 12.1 Å². The highest BCUT2D eigenvalue weighted by molar-refractivity contribution is 9.11. The molecule has 4 nitrogen and oxygen atoms in total. The van der Waals surface area contributed by atoms with Crippen molar-refractivity contribution in [3.63, 3.8) is 0 Å². The van der Waals surface area contributed by atoms with Crippen LogP contribution in [-0.2, 0) is 4.74 Å². The smallest absolute Gasteiger partial charge is 0.418 e. The van der Waals surface area contributed by atoms with Gasteiger partial charge in [-0.05, 0) is 44.0 Å². The van der Waals surface area contributed by atoms with Crippen molar-refractivity contribution in [1.29, 1.82) is 5.26 Å². The van der Waals surface area contributed by atoms with E-state index in [9.17, 15) is 4.79 Å². The fraction of sp³-hybridized carbons (Fsp3) is 0.111. The van der Waals surface area contributed by atoms with E-state index in [4.69, 9.17) is 21.6 Å². The molecule has 0 heterocycles. The average Bonchev–Trinajstić information content (AvgIpc) is 2.23. The molecule has 0 spiro atoms. The molecule has 0 unspecified atom stereocenters. The van der Waals surface area contributed by atoms with Crippen LogP contribution >= 0.6 is 43.5 Å². The van der Waals surface area contributed by atoms with E-state index in [2.05, 4.69) is 36.6 Å². The minimum absolute atomic E-state index is 0.231. The molecule has 1 aromatic rings. The number of carbonyl (C=O) groups excluding carboxylic acids is 1. The van der Waals surface area contributed by atoms with Crippen LogP contribution in [0.5, 0.6) is 5.75 Å².